The first-order valence-corrected chi connectivity index (χ1v) is 5.78. The monoisotopic (exact) mass is 267 g/mol. The highest BCUT2D eigenvalue weighted by atomic mass is 16.6. The van der Waals surface area contributed by atoms with Gasteiger partial charge in [-0.25, -0.2) is 4.79 Å². The third-order valence-electron chi connectivity index (χ3n) is 2.78. The number of aliphatic hydroxyl groups excluding tert-OH is 1. The van der Waals surface area contributed by atoms with Crippen LogP contribution in [0.3, 0.4) is 0 Å². The van der Waals surface area contributed by atoms with Gasteiger partial charge < -0.3 is 14.6 Å². The topological polar surface area (TPSA) is 98.9 Å². The summed E-state index contributed by atoms with van der Waals surface area (Å²) in [4.78, 5) is 21.9. The molecule has 0 aliphatic carbocycles. The maximum Gasteiger partial charge on any atom is 0.345 e. The molecule has 19 heavy (non-hydrogen) atoms. The molecule has 0 amide bonds. The van der Waals surface area contributed by atoms with E-state index >= 15 is 0 Å². The molecule has 1 aromatic carbocycles. The van der Waals surface area contributed by atoms with Gasteiger partial charge in [-0.05, 0) is 6.07 Å². The van der Waals surface area contributed by atoms with Crippen molar-refractivity contribution in [2.75, 3.05) is 13.2 Å². The molecule has 1 saturated heterocycles. The van der Waals surface area contributed by atoms with E-state index in [-0.39, 0.29) is 30.6 Å². The summed E-state index contributed by atoms with van der Waals surface area (Å²) >= 11 is 0. The summed E-state index contributed by atoms with van der Waals surface area (Å²) in [6.07, 6.45) is -0.513. The van der Waals surface area contributed by atoms with Crippen LogP contribution >= 0.6 is 0 Å². The molecule has 0 radical (unpaired) electrons. The average Bonchev–Trinajstić information content (AvgIpc) is 2.81. The van der Waals surface area contributed by atoms with Crippen LogP contribution in [0, 0.1) is 10.1 Å². The van der Waals surface area contributed by atoms with Crippen LogP contribution in [-0.4, -0.2) is 41.4 Å². The lowest BCUT2D eigenvalue weighted by molar-refractivity contribution is -0.385. The van der Waals surface area contributed by atoms with Crippen LogP contribution in [0.2, 0.25) is 0 Å². The Kier molecular flexibility index (Phi) is 4.08. The molecule has 2 atom stereocenters. The number of rotatable bonds is 4. The number of nitro benzene ring substituents is 1. The molecule has 0 saturated carbocycles. The Balaban J connectivity index is 1.98. The third kappa shape index (κ3) is 3.27. The number of para-hydroxylation sites is 1. The predicted octanol–water partition coefficient (Wildman–Crippen LogP) is 0.901. The van der Waals surface area contributed by atoms with Crippen molar-refractivity contribution < 1.29 is 24.3 Å². The molecule has 7 nitrogen and oxygen atoms in total. The van der Waals surface area contributed by atoms with Crippen LogP contribution in [0.5, 0.6) is 0 Å². The second kappa shape index (κ2) is 5.77. The first-order chi connectivity index (χ1) is 9.08. The van der Waals surface area contributed by atoms with Gasteiger partial charge in [-0.3, -0.25) is 10.1 Å². The number of aliphatic hydroxyl groups is 1. The van der Waals surface area contributed by atoms with Crippen molar-refractivity contribution >= 4 is 11.7 Å². The van der Waals surface area contributed by atoms with Crippen LogP contribution in [0.15, 0.2) is 24.3 Å². The van der Waals surface area contributed by atoms with Gasteiger partial charge in [0.1, 0.15) is 12.2 Å². The molecule has 1 aliphatic rings. The lowest BCUT2D eigenvalue weighted by atomic mass is 10.2. The number of hydrogen-bond acceptors (Lipinski definition) is 6. The number of carbonyl (C=O) groups is 1. The minimum atomic E-state index is -0.766. The molecule has 0 spiro atoms. The van der Waals surface area contributed by atoms with E-state index < -0.39 is 17.0 Å². The van der Waals surface area contributed by atoms with Crippen molar-refractivity contribution in [3.8, 4) is 0 Å². The number of nitrogens with zero attached hydrogens (tertiary/aromatic N) is 1. The second-order valence-electron chi connectivity index (χ2n) is 4.22. The molecular weight excluding hydrogens is 254 g/mol. The fourth-order valence-electron chi connectivity index (χ4n) is 1.85. The Labute approximate surface area is 108 Å². The quantitative estimate of drug-likeness (QED) is 0.494. The summed E-state index contributed by atoms with van der Waals surface area (Å²) < 4.78 is 10.1. The normalized spacial score (nSPS) is 22.2. The van der Waals surface area contributed by atoms with Crippen LogP contribution in [0.1, 0.15) is 16.8 Å². The number of nitro groups is 1. The van der Waals surface area contributed by atoms with Gasteiger partial charge in [-0.1, -0.05) is 12.1 Å². The maximum absolute atomic E-state index is 11.8. The number of hydrogen-bond donors (Lipinski definition) is 1. The summed E-state index contributed by atoms with van der Waals surface area (Å²) in [5.41, 5.74) is -0.383. The highest BCUT2D eigenvalue weighted by Gasteiger charge is 2.26. The largest absolute Gasteiger partial charge is 0.459 e. The Bertz CT molecular complexity index is 489. The average molecular weight is 267 g/mol. The van der Waals surface area contributed by atoms with Gasteiger partial charge in [0, 0.05) is 12.5 Å². The zero-order valence-electron chi connectivity index (χ0n) is 10.0. The number of carbonyl (C=O) groups excluding carboxylic acids is 1. The molecule has 1 aromatic rings. The zero-order valence-corrected chi connectivity index (χ0v) is 10.0. The molecule has 0 aromatic heterocycles. The summed E-state index contributed by atoms with van der Waals surface area (Å²) in [5, 5.41) is 20.0. The van der Waals surface area contributed by atoms with Crippen molar-refractivity contribution in [2.45, 2.75) is 18.6 Å². The fourth-order valence-corrected chi connectivity index (χ4v) is 1.85. The Morgan fingerprint density at radius 2 is 2.26 bits per heavy atom. The lowest BCUT2D eigenvalue weighted by Crippen LogP contribution is -2.19. The highest BCUT2D eigenvalue weighted by Crippen LogP contribution is 2.19. The predicted molar refractivity (Wildman–Crippen MR) is 63.7 cm³/mol. The van der Waals surface area contributed by atoms with Gasteiger partial charge in [0.15, 0.2) is 0 Å². The van der Waals surface area contributed by atoms with Crippen LogP contribution in [0.25, 0.3) is 0 Å². The number of benzene rings is 1. The Morgan fingerprint density at radius 3 is 2.89 bits per heavy atom. The lowest BCUT2D eigenvalue weighted by Gasteiger charge is -2.10. The minimum absolute atomic E-state index is 0.0259. The van der Waals surface area contributed by atoms with Gasteiger partial charge in [0.25, 0.3) is 5.69 Å². The van der Waals surface area contributed by atoms with Gasteiger partial charge in [0.2, 0.25) is 0 Å². The molecule has 0 bridgehead atoms. The van der Waals surface area contributed by atoms with E-state index in [0.717, 1.165) is 0 Å². The Hall–Kier alpha value is -1.99. The molecule has 2 rings (SSSR count). The number of esters is 1. The summed E-state index contributed by atoms with van der Waals surface area (Å²) in [6, 6.07) is 5.59. The van der Waals surface area contributed by atoms with E-state index in [1.807, 2.05) is 0 Å². The van der Waals surface area contributed by atoms with Crippen molar-refractivity contribution in [1.29, 1.82) is 0 Å². The molecule has 102 valence electrons. The van der Waals surface area contributed by atoms with Gasteiger partial charge in [-0.15, -0.1) is 0 Å². The zero-order chi connectivity index (χ0) is 13.8. The van der Waals surface area contributed by atoms with Crippen LogP contribution in [-0.2, 0) is 9.47 Å². The summed E-state index contributed by atoms with van der Waals surface area (Å²) in [6.45, 7) is 0.190. The smallest absolute Gasteiger partial charge is 0.345 e. The summed E-state index contributed by atoms with van der Waals surface area (Å²) in [5.74, 6) is -0.766. The standard InChI is InChI=1S/C12H13NO6/c14-8-5-9(18-6-8)7-19-12(15)10-3-1-2-4-11(10)13(16)17/h1-4,8-9,14H,5-7H2/t8-,9+/m0/s1. The van der Waals surface area contributed by atoms with E-state index in [1.165, 1.54) is 24.3 Å². The molecule has 1 aliphatic heterocycles. The molecule has 1 fully saturated rings. The van der Waals surface area contributed by atoms with E-state index in [2.05, 4.69) is 0 Å². The van der Waals surface area contributed by atoms with Crippen LogP contribution < -0.4 is 0 Å². The van der Waals surface area contributed by atoms with Gasteiger partial charge >= 0.3 is 5.97 Å². The van der Waals surface area contributed by atoms with Crippen molar-refractivity contribution in [3.63, 3.8) is 0 Å². The van der Waals surface area contributed by atoms with E-state index in [4.69, 9.17) is 9.47 Å². The van der Waals surface area contributed by atoms with E-state index in [9.17, 15) is 20.0 Å². The second-order valence-corrected chi connectivity index (χ2v) is 4.22. The van der Waals surface area contributed by atoms with Gasteiger partial charge in [0.05, 0.1) is 23.7 Å². The summed E-state index contributed by atoms with van der Waals surface area (Å²) in [7, 11) is 0. The first kappa shape index (κ1) is 13.4. The third-order valence-corrected chi connectivity index (χ3v) is 2.78. The van der Waals surface area contributed by atoms with Crippen molar-refractivity contribution in [3.05, 3.63) is 39.9 Å². The van der Waals surface area contributed by atoms with Crippen LogP contribution in [0.4, 0.5) is 5.69 Å². The first-order valence-electron chi connectivity index (χ1n) is 5.78. The van der Waals surface area contributed by atoms with Crippen molar-refractivity contribution in [1.82, 2.24) is 0 Å². The maximum atomic E-state index is 11.8. The molecule has 1 heterocycles. The molecule has 0 unspecified atom stereocenters. The minimum Gasteiger partial charge on any atom is -0.459 e. The molecular formula is C12H13NO6. The van der Waals surface area contributed by atoms with Gasteiger partial charge in [-0.2, -0.15) is 0 Å². The fraction of sp³-hybridized carbons (Fsp3) is 0.417. The van der Waals surface area contributed by atoms with Crippen molar-refractivity contribution in [2.24, 2.45) is 0 Å². The number of ether oxygens (including phenoxy) is 2. The van der Waals surface area contributed by atoms with E-state index in [0.29, 0.717) is 6.42 Å². The SMILES string of the molecule is O=C(OC[C@H]1C[C@H](O)CO1)c1ccccc1[N+](=O)[O-]. The van der Waals surface area contributed by atoms with E-state index in [1.54, 1.807) is 0 Å². The molecule has 1 N–H and O–H groups in total. The highest BCUT2D eigenvalue weighted by molar-refractivity contribution is 5.93. The molecule has 7 heteroatoms. The Morgan fingerprint density at radius 1 is 1.53 bits per heavy atom.